The molecule has 116 valence electrons. The number of hydrogen-bond donors (Lipinski definition) is 2. The summed E-state index contributed by atoms with van der Waals surface area (Å²) in [5, 5.41) is 14.7. The predicted octanol–water partition coefficient (Wildman–Crippen LogP) is 2.37. The topological polar surface area (TPSA) is 61.3 Å². The van der Waals surface area contributed by atoms with Gasteiger partial charge >= 0.3 is 0 Å². The maximum atomic E-state index is 10.8. The molecular formula is C15H24N4OS. The van der Waals surface area contributed by atoms with Crippen molar-refractivity contribution in [3.8, 4) is 0 Å². The highest BCUT2D eigenvalue weighted by Crippen LogP contribution is 2.40. The maximum absolute atomic E-state index is 10.8. The molecule has 5 nitrogen and oxygen atoms in total. The molecule has 3 rings (SSSR count). The number of anilines is 2. The molecule has 2 aliphatic rings. The van der Waals surface area contributed by atoms with E-state index in [0.29, 0.717) is 5.92 Å². The molecule has 1 saturated heterocycles. The average Bonchev–Trinajstić information content (AvgIpc) is 2.53. The van der Waals surface area contributed by atoms with Crippen LogP contribution >= 0.6 is 11.8 Å². The summed E-state index contributed by atoms with van der Waals surface area (Å²) in [6.45, 7) is 1.78. The van der Waals surface area contributed by atoms with Gasteiger partial charge in [-0.25, -0.2) is 9.97 Å². The van der Waals surface area contributed by atoms with Gasteiger partial charge in [-0.2, -0.15) is 0 Å². The summed E-state index contributed by atoms with van der Waals surface area (Å²) in [4.78, 5) is 11.4. The fourth-order valence-corrected chi connectivity index (χ4v) is 3.95. The minimum absolute atomic E-state index is 0.380. The lowest BCUT2D eigenvalue weighted by Gasteiger charge is -2.47. The molecule has 0 radical (unpaired) electrons. The molecule has 0 bridgehead atoms. The van der Waals surface area contributed by atoms with Crippen LogP contribution in [0.1, 0.15) is 32.1 Å². The molecule has 2 atom stereocenters. The highest BCUT2D eigenvalue weighted by atomic mass is 32.2. The lowest BCUT2D eigenvalue weighted by atomic mass is 9.71. The third-order valence-electron chi connectivity index (χ3n) is 4.88. The molecule has 1 aromatic rings. The molecule has 2 heterocycles. The molecule has 6 heteroatoms. The van der Waals surface area contributed by atoms with E-state index >= 15 is 0 Å². The Labute approximate surface area is 130 Å². The van der Waals surface area contributed by atoms with Crippen molar-refractivity contribution >= 4 is 23.4 Å². The van der Waals surface area contributed by atoms with E-state index in [9.17, 15) is 5.11 Å². The Balaban J connectivity index is 1.81. The second kappa shape index (κ2) is 6.01. The fraction of sp³-hybridized carbons (Fsp3) is 0.733. The van der Waals surface area contributed by atoms with Crippen LogP contribution in [0.2, 0.25) is 0 Å². The SMILES string of the molecule is CNc1cc(N2CCC3(O)CCCCC3C2)nc(SC)n1. The zero-order valence-corrected chi connectivity index (χ0v) is 13.6. The Kier molecular flexibility index (Phi) is 4.26. The number of nitrogens with zero attached hydrogens (tertiary/aromatic N) is 3. The molecule has 1 saturated carbocycles. The van der Waals surface area contributed by atoms with Crippen molar-refractivity contribution in [3.05, 3.63) is 6.07 Å². The Bertz CT molecular complexity index is 490. The zero-order valence-electron chi connectivity index (χ0n) is 12.8. The van der Waals surface area contributed by atoms with Gasteiger partial charge in [0.1, 0.15) is 11.6 Å². The van der Waals surface area contributed by atoms with Gasteiger partial charge in [-0.3, -0.25) is 0 Å². The number of hydrogen-bond acceptors (Lipinski definition) is 6. The summed E-state index contributed by atoms with van der Waals surface area (Å²) in [6, 6.07) is 2.01. The molecular weight excluding hydrogens is 284 g/mol. The monoisotopic (exact) mass is 308 g/mol. The van der Waals surface area contributed by atoms with E-state index < -0.39 is 5.60 Å². The third-order valence-corrected chi connectivity index (χ3v) is 5.43. The highest BCUT2D eigenvalue weighted by molar-refractivity contribution is 7.98. The number of nitrogens with one attached hydrogen (secondary N) is 1. The number of thioether (sulfide) groups is 1. The van der Waals surface area contributed by atoms with Crippen LogP contribution < -0.4 is 10.2 Å². The Morgan fingerprint density at radius 1 is 1.38 bits per heavy atom. The van der Waals surface area contributed by atoms with Gasteiger partial charge in [-0.05, 0) is 25.5 Å². The normalized spacial score (nSPS) is 29.1. The first-order valence-electron chi connectivity index (χ1n) is 7.73. The zero-order chi connectivity index (χ0) is 14.9. The van der Waals surface area contributed by atoms with E-state index in [1.54, 1.807) is 11.8 Å². The van der Waals surface area contributed by atoms with Crippen molar-refractivity contribution in [1.29, 1.82) is 0 Å². The van der Waals surface area contributed by atoms with Crippen LogP contribution in [0, 0.1) is 5.92 Å². The first-order chi connectivity index (χ1) is 10.1. The largest absolute Gasteiger partial charge is 0.389 e. The van der Waals surface area contributed by atoms with Crippen molar-refractivity contribution in [2.75, 3.05) is 36.6 Å². The van der Waals surface area contributed by atoms with Crippen molar-refractivity contribution in [2.24, 2.45) is 5.92 Å². The highest BCUT2D eigenvalue weighted by Gasteiger charge is 2.43. The first kappa shape index (κ1) is 14.9. The minimum atomic E-state index is -0.435. The second-order valence-electron chi connectivity index (χ2n) is 6.09. The van der Waals surface area contributed by atoms with Gasteiger partial charge in [0, 0.05) is 32.1 Å². The average molecular weight is 308 g/mol. The van der Waals surface area contributed by atoms with Crippen LogP contribution in [0.25, 0.3) is 0 Å². The number of fused-ring (bicyclic) bond motifs is 1. The number of aliphatic hydroxyl groups is 1. The summed E-state index contributed by atoms with van der Waals surface area (Å²) in [5.41, 5.74) is -0.435. The smallest absolute Gasteiger partial charge is 0.191 e. The number of rotatable bonds is 3. The molecule has 1 aliphatic carbocycles. The Morgan fingerprint density at radius 2 is 2.24 bits per heavy atom. The van der Waals surface area contributed by atoms with E-state index in [2.05, 4.69) is 20.2 Å². The van der Waals surface area contributed by atoms with Crippen LogP contribution in [0.5, 0.6) is 0 Å². The lowest BCUT2D eigenvalue weighted by molar-refractivity contribution is -0.0613. The molecule has 2 N–H and O–H groups in total. The minimum Gasteiger partial charge on any atom is -0.389 e. The van der Waals surface area contributed by atoms with Crippen LogP contribution in [-0.4, -0.2) is 47.1 Å². The molecule has 0 amide bonds. The van der Waals surface area contributed by atoms with E-state index in [4.69, 9.17) is 0 Å². The molecule has 0 aromatic carbocycles. The van der Waals surface area contributed by atoms with Crippen LogP contribution in [-0.2, 0) is 0 Å². The number of aromatic nitrogens is 2. The lowest BCUT2D eigenvalue weighted by Crippen LogP contribution is -2.53. The van der Waals surface area contributed by atoms with Gasteiger partial charge in [0.25, 0.3) is 0 Å². The quantitative estimate of drug-likeness (QED) is 0.660. The summed E-state index contributed by atoms with van der Waals surface area (Å²) < 4.78 is 0. The first-order valence-corrected chi connectivity index (χ1v) is 8.95. The molecule has 1 aliphatic heterocycles. The maximum Gasteiger partial charge on any atom is 0.191 e. The van der Waals surface area contributed by atoms with Crippen LogP contribution in [0.15, 0.2) is 11.2 Å². The predicted molar refractivity (Wildman–Crippen MR) is 87.1 cm³/mol. The van der Waals surface area contributed by atoms with Gasteiger partial charge in [0.2, 0.25) is 0 Å². The Morgan fingerprint density at radius 3 is 3.00 bits per heavy atom. The van der Waals surface area contributed by atoms with Crippen molar-refractivity contribution in [3.63, 3.8) is 0 Å². The van der Waals surface area contributed by atoms with Crippen molar-refractivity contribution in [1.82, 2.24) is 9.97 Å². The van der Waals surface area contributed by atoms with Gasteiger partial charge in [-0.1, -0.05) is 24.6 Å². The van der Waals surface area contributed by atoms with E-state index in [-0.39, 0.29) is 0 Å². The van der Waals surface area contributed by atoms with Crippen LogP contribution in [0.3, 0.4) is 0 Å². The summed E-state index contributed by atoms with van der Waals surface area (Å²) in [6.07, 6.45) is 7.35. The fourth-order valence-electron chi connectivity index (χ4n) is 3.57. The molecule has 0 spiro atoms. The van der Waals surface area contributed by atoms with E-state index in [0.717, 1.165) is 49.1 Å². The van der Waals surface area contributed by atoms with E-state index in [1.807, 2.05) is 19.4 Å². The molecule has 1 aromatic heterocycles. The summed E-state index contributed by atoms with van der Waals surface area (Å²) in [5.74, 6) is 2.21. The third kappa shape index (κ3) is 2.97. The standard InChI is InChI=1S/C15H24N4OS/c1-16-12-9-13(18-14(17-12)21-2)19-8-7-15(20)6-4-3-5-11(15)10-19/h9,11,20H,3-8,10H2,1-2H3,(H,16,17,18). The van der Waals surface area contributed by atoms with Crippen molar-refractivity contribution < 1.29 is 5.11 Å². The Hall–Kier alpha value is -1.01. The van der Waals surface area contributed by atoms with Crippen LogP contribution in [0.4, 0.5) is 11.6 Å². The molecule has 2 fully saturated rings. The van der Waals surface area contributed by atoms with Gasteiger partial charge in [0.05, 0.1) is 5.60 Å². The summed E-state index contributed by atoms with van der Waals surface area (Å²) in [7, 11) is 1.88. The van der Waals surface area contributed by atoms with Gasteiger partial charge in [0.15, 0.2) is 5.16 Å². The number of piperidine rings is 1. The second-order valence-corrected chi connectivity index (χ2v) is 6.86. The molecule has 2 unspecified atom stereocenters. The van der Waals surface area contributed by atoms with E-state index in [1.165, 1.54) is 12.8 Å². The summed E-state index contributed by atoms with van der Waals surface area (Å²) >= 11 is 1.56. The van der Waals surface area contributed by atoms with Gasteiger partial charge in [-0.15, -0.1) is 0 Å². The van der Waals surface area contributed by atoms with Crippen molar-refractivity contribution in [2.45, 2.75) is 42.9 Å². The van der Waals surface area contributed by atoms with Gasteiger partial charge < -0.3 is 15.3 Å². The molecule has 21 heavy (non-hydrogen) atoms.